The summed E-state index contributed by atoms with van der Waals surface area (Å²) in [6, 6.07) is 23.5. The Balaban J connectivity index is 1.43. The summed E-state index contributed by atoms with van der Waals surface area (Å²) in [7, 11) is 0. The minimum Gasteiger partial charge on any atom is -0.828 e. The Kier molecular flexibility index (Phi) is 4.30. The predicted octanol–water partition coefficient (Wildman–Crippen LogP) is 3.68. The molecule has 4 atom stereocenters. The Morgan fingerprint density at radius 3 is 2.45 bits per heavy atom. The van der Waals surface area contributed by atoms with E-state index in [9.17, 15) is 5.11 Å². The number of hydrogen-bond acceptors (Lipinski definition) is 6. The first-order chi connectivity index (χ1) is 15.1. The molecule has 0 spiro atoms. The fraction of sp³-hybridized carbons (Fsp3) is 0.208. The first kappa shape index (κ1) is 18.8. The van der Waals surface area contributed by atoms with Gasteiger partial charge in [-0.3, -0.25) is 14.8 Å². The van der Waals surface area contributed by atoms with Gasteiger partial charge in [0.05, 0.1) is 34.9 Å². The monoisotopic (exact) mass is 431 g/mol. The zero-order valence-electron chi connectivity index (χ0n) is 16.8. The Bertz CT molecular complexity index is 1160. The number of halogens is 1. The van der Waals surface area contributed by atoms with Gasteiger partial charge in [-0.2, -0.15) is 0 Å². The molecule has 0 saturated carbocycles. The molecule has 2 fully saturated rings. The lowest BCUT2D eigenvalue weighted by Gasteiger charge is -2.31. The van der Waals surface area contributed by atoms with Crippen LogP contribution in [0.2, 0.25) is 5.02 Å². The molecule has 4 unspecified atom stereocenters. The molecule has 0 bridgehead atoms. The fourth-order valence-corrected chi connectivity index (χ4v) is 4.73. The maximum Gasteiger partial charge on any atom is 0.101 e. The third kappa shape index (κ3) is 3.03. The van der Waals surface area contributed by atoms with Crippen LogP contribution in [0.25, 0.3) is 0 Å². The molecule has 0 aromatic heterocycles. The first-order valence-corrected chi connectivity index (χ1v) is 10.6. The normalized spacial score (nSPS) is 26.4. The van der Waals surface area contributed by atoms with Gasteiger partial charge in [-0.1, -0.05) is 53.6 Å². The van der Waals surface area contributed by atoms with Crippen molar-refractivity contribution in [3.05, 3.63) is 88.9 Å². The van der Waals surface area contributed by atoms with Crippen LogP contribution in [0.4, 0.5) is 17.1 Å². The van der Waals surface area contributed by atoms with E-state index in [0.29, 0.717) is 5.02 Å². The van der Waals surface area contributed by atoms with Crippen LogP contribution in [0.15, 0.2) is 77.8 Å². The number of aliphatic imine (C=N–C) groups is 1. The lowest BCUT2D eigenvalue weighted by atomic mass is 10.0. The Hall–Kier alpha value is -2.90. The van der Waals surface area contributed by atoms with Gasteiger partial charge in [-0.25, -0.2) is 0 Å². The zero-order chi connectivity index (χ0) is 21.1. The average molecular weight is 432 g/mol. The summed E-state index contributed by atoms with van der Waals surface area (Å²) in [5, 5.41) is 15.4. The van der Waals surface area contributed by atoms with Crippen LogP contribution < -0.4 is 20.6 Å². The van der Waals surface area contributed by atoms with Crippen LogP contribution in [0.3, 0.4) is 0 Å². The van der Waals surface area contributed by atoms with Crippen molar-refractivity contribution < 1.29 is 9.94 Å². The average Bonchev–Trinajstić information content (AvgIpc) is 3.42. The van der Waals surface area contributed by atoms with Gasteiger partial charge < -0.3 is 10.0 Å². The molecule has 2 saturated heterocycles. The number of nitrogens with zero attached hydrogens (tertiary/aromatic N) is 3. The highest BCUT2D eigenvalue weighted by molar-refractivity contribution is 6.30. The lowest BCUT2D eigenvalue weighted by Crippen LogP contribution is -2.51. The number of anilines is 2. The van der Waals surface area contributed by atoms with E-state index >= 15 is 0 Å². The predicted molar refractivity (Wildman–Crippen MR) is 119 cm³/mol. The summed E-state index contributed by atoms with van der Waals surface area (Å²) in [5.74, 6) is 0. The molecular weight excluding hydrogens is 412 g/mol. The third-order valence-corrected chi connectivity index (χ3v) is 6.40. The van der Waals surface area contributed by atoms with Crippen LogP contribution in [0, 0.1) is 6.92 Å². The van der Waals surface area contributed by atoms with E-state index in [2.05, 4.69) is 16.6 Å². The van der Waals surface area contributed by atoms with Gasteiger partial charge in [-0.15, -0.1) is 5.59 Å². The molecule has 1 N–H and O–H groups in total. The van der Waals surface area contributed by atoms with Crippen molar-refractivity contribution in [3.8, 4) is 0 Å². The molecule has 3 aromatic carbocycles. The van der Waals surface area contributed by atoms with Crippen molar-refractivity contribution in [1.82, 2.24) is 5.59 Å². The summed E-state index contributed by atoms with van der Waals surface area (Å²) in [5.41, 5.74) is 8.74. The molecule has 3 heterocycles. The van der Waals surface area contributed by atoms with E-state index in [1.165, 1.54) is 0 Å². The van der Waals surface area contributed by atoms with Crippen molar-refractivity contribution in [2.75, 3.05) is 9.91 Å². The van der Waals surface area contributed by atoms with E-state index in [1.54, 1.807) is 5.01 Å². The van der Waals surface area contributed by atoms with E-state index in [0.717, 1.165) is 33.9 Å². The van der Waals surface area contributed by atoms with E-state index in [-0.39, 0.29) is 12.1 Å². The van der Waals surface area contributed by atoms with Gasteiger partial charge >= 0.3 is 0 Å². The molecule has 156 valence electrons. The Labute approximate surface area is 185 Å². The van der Waals surface area contributed by atoms with E-state index in [1.807, 2.05) is 73.7 Å². The molecule has 6 nitrogen and oxygen atoms in total. The standard InChI is InChI=1S/C24H20ClN4O2/c1-14-6-12-17(13-7-14)29-23(24(30)31-27-29)20-22-21(15-8-10-16(25)11-9-15)28(22)19-5-3-2-4-18(19)26-20/h2-13,21-24,27H,1H3/q-1. The molecule has 6 rings (SSSR count). The second kappa shape index (κ2) is 7.07. The molecule has 0 amide bonds. The summed E-state index contributed by atoms with van der Waals surface area (Å²) in [4.78, 5) is 12.6. The molecule has 31 heavy (non-hydrogen) atoms. The number of hydrogen-bond donors (Lipinski definition) is 1. The molecule has 7 heteroatoms. The van der Waals surface area contributed by atoms with Gasteiger partial charge in [0.25, 0.3) is 0 Å². The van der Waals surface area contributed by atoms with Crippen molar-refractivity contribution in [2.45, 2.75) is 31.3 Å². The van der Waals surface area contributed by atoms with E-state index in [4.69, 9.17) is 21.4 Å². The summed E-state index contributed by atoms with van der Waals surface area (Å²) < 4.78 is 0. The maximum atomic E-state index is 12.9. The second-order valence-corrected chi connectivity index (χ2v) is 8.54. The number of fused-ring (bicyclic) bond motifs is 3. The highest BCUT2D eigenvalue weighted by Gasteiger charge is 2.57. The summed E-state index contributed by atoms with van der Waals surface area (Å²) in [6.45, 7) is 2.03. The SMILES string of the molecule is Cc1ccc(N2NOC([O-])C2C2=Nc3ccccc3N3C2C3c2ccc(Cl)cc2)cc1. The molecular formula is C24H20ClN4O2-. The van der Waals surface area contributed by atoms with Gasteiger partial charge in [0.15, 0.2) is 0 Å². The number of para-hydroxylation sites is 2. The van der Waals surface area contributed by atoms with Crippen molar-refractivity contribution in [2.24, 2.45) is 4.99 Å². The van der Waals surface area contributed by atoms with Crippen LogP contribution >= 0.6 is 11.6 Å². The summed E-state index contributed by atoms with van der Waals surface area (Å²) >= 11 is 6.11. The van der Waals surface area contributed by atoms with Crippen LogP contribution in [-0.2, 0) is 4.84 Å². The van der Waals surface area contributed by atoms with Crippen LogP contribution in [0.1, 0.15) is 17.2 Å². The van der Waals surface area contributed by atoms with Crippen molar-refractivity contribution >= 4 is 34.4 Å². The minimum atomic E-state index is -1.29. The topological polar surface area (TPSA) is 62.9 Å². The first-order valence-electron chi connectivity index (χ1n) is 10.3. The summed E-state index contributed by atoms with van der Waals surface area (Å²) in [6.07, 6.45) is -1.29. The van der Waals surface area contributed by atoms with Crippen LogP contribution in [-0.4, -0.2) is 24.1 Å². The quantitative estimate of drug-likeness (QED) is 0.641. The fourth-order valence-electron chi connectivity index (χ4n) is 4.60. The second-order valence-electron chi connectivity index (χ2n) is 8.10. The van der Waals surface area contributed by atoms with Gasteiger partial charge in [-0.05, 0) is 48.9 Å². The van der Waals surface area contributed by atoms with Gasteiger partial charge in [0, 0.05) is 11.3 Å². The molecule has 0 radical (unpaired) electrons. The van der Waals surface area contributed by atoms with Gasteiger partial charge in [0.2, 0.25) is 0 Å². The third-order valence-electron chi connectivity index (χ3n) is 6.15. The Morgan fingerprint density at radius 2 is 1.68 bits per heavy atom. The Morgan fingerprint density at radius 1 is 0.935 bits per heavy atom. The molecule has 0 aliphatic carbocycles. The maximum absolute atomic E-state index is 12.9. The zero-order valence-corrected chi connectivity index (χ0v) is 17.5. The van der Waals surface area contributed by atoms with Crippen LogP contribution in [0.5, 0.6) is 0 Å². The number of nitrogens with one attached hydrogen (secondary N) is 1. The van der Waals surface area contributed by atoms with Crippen molar-refractivity contribution in [1.29, 1.82) is 0 Å². The highest BCUT2D eigenvalue weighted by Crippen LogP contribution is 2.54. The van der Waals surface area contributed by atoms with E-state index < -0.39 is 12.3 Å². The van der Waals surface area contributed by atoms with Crippen molar-refractivity contribution in [3.63, 3.8) is 0 Å². The number of benzene rings is 3. The molecule has 3 aromatic rings. The minimum absolute atomic E-state index is 0.00558. The molecule has 3 aliphatic heterocycles. The largest absolute Gasteiger partial charge is 0.828 e. The number of rotatable bonds is 3. The molecule has 3 aliphatic rings. The lowest BCUT2D eigenvalue weighted by molar-refractivity contribution is -0.487. The smallest absolute Gasteiger partial charge is 0.101 e. The highest BCUT2D eigenvalue weighted by atomic mass is 35.5. The number of hydrazine groups is 1. The number of aryl methyl sites for hydroxylation is 1. The van der Waals surface area contributed by atoms with Gasteiger partial charge in [0.1, 0.15) is 6.04 Å².